The molecule has 0 saturated carbocycles. The third-order valence-corrected chi connectivity index (χ3v) is 30.8. The van der Waals surface area contributed by atoms with Crippen molar-refractivity contribution in [1.82, 2.24) is 36.5 Å². The monoisotopic (exact) mass is 1710 g/mol. The molecule has 32 aromatic rings. The molecule has 24 aromatic carbocycles. The van der Waals surface area contributed by atoms with E-state index in [1.54, 1.807) is 0 Å². The molecule has 8 heteroatoms. The van der Waals surface area contributed by atoms with Crippen LogP contribution in [-0.2, 0) is 27.2 Å². The SMILES string of the molecule is CCn1c2cccc3ccc4c(-c5ccc6c7c5ccc5cccc(c57)n6CC)ccc1c4c32.Cn1c2cccc3ccc4c(-c5ccc6c7c5ccc5cccc(c57)n6C)ccc1c4c32.c1ccc2c(c1)c1ccccc1n2-c1ccc(-n2c3cccc4ccc5cc(-c6cc7ccc8cccc9c8c7c(c6)n9-c6ccc(-n7c8ccccc8c8ccccc87)cc6)cc2c5c43)cc1. The summed E-state index contributed by atoms with van der Waals surface area (Å²) in [6, 6.07) is 149. The van der Waals surface area contributed by atoms with Gasteiger partial charge in [-0.3, -0.25) is 0 Å². The summed E-state index contributed by atoms with van der Waals surface area (Å²) in [7, 11) is 4.36. The zero-order valence-electron chi connectivity index (χ0n) is 74.1. The van der Waals surface area contributed by atoms with E-state index >= 15 is 0 Å². The summed E-state index contributed by atoms with van der Waals surface area (Å²) in [6.45, 7) is 6.44. The molecule has 0 aliphatic carbocycles. The lowest BCUT2D eigenvalue weighted by Gasteiger charge is -2.13. The van der Waals surface area contributed by atoms with Crippen LogP contribution in [0, 0.1) is 0 Å². The molecule has 0 spiro atoms. The summed E-state index contributed by atoms with van der Waals surface area (Å²) in [4.78, 5) is 0. The number of para-hydroxylation sites is 4. The van der Waals surface area contributed by atoms with Crippen LogP contribution < -0.4 is 0 Å². The summed E-state index contributed by atoms with van der Waals surface area (Å²) in [5, 5.41) is 37.1. The number of benzene rings is 24. The normalized spacial score (nSPS) is 12.5. The molecule has 8 nitrogen and oxygen atoms in total. The first-order chi connectivity index (χ1) is 66.2. The second-order valence-electron chi connectivity index (χ2n) is 37.1. The fourth-order valence-corrected chi connectivity index (χ4v) is 25.1. The minimum absolute atomic E-state index is 0.974. The summed E-state index contributed by atoms with van der Waals surface area (Å²) < 4.78 is 19.3. The highest BCUT2D eigenvalue weighted by molar-refractivity contribution is 6.34. The molecule has 0 aliphatic rings. The second-order valence-corrected chi connectivity index (χ2v) is 37.1. The molecule has 32 rings (SSSR count). The van der Waals surface area contributed by atoms with E-state index in [1.165, 1.54) is 272 Å². The van der Waals surface area contributed by atoms with Crippen molar-refractivity contribution in [3.05, 3.63) is 400 Å². The van der Waals surface area contributed by atoms with Gasteiger partial charge in [0.25, 0.3) is 0 Å². The molecule has 0 fully saturated rings. The van der Waals surface area contributed by atoms with Gasteiger partial charge in [-0.15, -0.1) is 0 Å². The number of hydrogen-bond donors (Lipinski definition) is 0. The van der Waals surface area contributed by atoms with E-state index in [4.69, 9.17) is 0 Å². The van der Waals surface area contributed by atoms with E-state index in [9.17, 15) is 0 Å². The second kappa shape index (κ2) is 27.2. The Balaban J connectivity index is 0.000000108. The smallest absolute Gasteiger partial charge is 0.0553 e. The van der Waals surface area contributed by atoms with Gasteiger partial charge in [0.15, 0.2) is 0 Å². The minimum Gasteiger partial charge on any atom is -0.344 e. The average Bonchev–Trinajstić information content (AvgIpc) is 1.55. The molecule has 0 atom stereocenters. The molecule has 0 unspecified atom stereocenters. The largest absolute Gasteiger partial charge is 0.344 e. The standard InChI is InChI=1S/C64H38N4.C32H24N2.C30H20N2/c1-5-17-53-49(13-1)50-14-2-6-18-54(50)65(53)45-27-31-47(32-28-45)67-57-21-9-11-39-23-25-41-35-43(37-59(67)63(41)61(39)57)44-36-42-26-24-40-12-10-22-58-62(40)64(42)60(38-44)68(58)48-33-29-46(30-34-48)66-55-19-7-3-15-51(55)52-16-4-8-20-56(52)66;1-3-33-25-9-5-7-19-11-13-23-21(15-17-27(33)31(23)29(19)25)22-16-18-28-32-24(22)14-12-20-8-6-10-26(30(20)32)34(28)4-2;1-31-23-7-3-5-17-9-11-21-19(13-15-25(31)29(21)27(17)23)20-14-16-26-30-22(20)12-10-18-6-4-8-24(28(18)30)32(26)2/h1-38H;5-18H,3-4H2,1-2H3;3-16H,1-2H3. The van der Waals surface area contributed by atoms with E-state index in [1.807, 2.05) is 0 Å². The van der Waals surface area contributed by atoms with Gasteiger partial charge in [0, 0.05) is 180 Å². The highest BCUT2D eigenvalue weighted by atomic mass is 15.0. The molecule has 0 amide bonds. The zero-order chi connectivity index (χ0) is 87.9. The van der Waals surface area contributed by atoms with Crippen LogP contribution in [0.2, 0.25) is 0 Å². The van der Waals surface area contributed by atoms with E-state index in [0.29, 0.717) is 0 Å². The Morgan fingerprint density at radius 3 is 0.701 bits per heavy atom. The third kappa shape index (κ3) is 9.83. The Morgan fingerprint density at radius 2 is 0.381 bits per heavy atom. The first-order valence-corrected chi connectivity index (χ1v) is 47.0. The quantitative estimate of drug-likeness (QED) is 0.129. The molecular formula is C126H82N8. The van der Waals surface area contributed by atoms with Crippen molar-refractivity contribution < 1.29 is 0 Å². The molecule has 0 aliphatic heterocycles. The molecule has 626 valence electrons. The van der Waals surface area contributed by atoms with E-state index in [0.717, 1.165) is 35.8 Å². The lowest BCUT2D eigenvalue weighted by molar-refractivity contribution is 0.827. The van der Waals surface area contributed by atoms with Crippen molar-refractivity contribution in [2.45, 2.75) is 26.9 Å². The topological polar surface area (TPSA) is 39.4 Å². The Morgan fingerprint density at radius 1 is 0.157 bits per heavy atom. The van der Waals surface area contributed by atoms with Gasteiger partial charge >= 0.3 is 0 Å². The number of aryl methyl sites for hydroxylation is 4. The van der Waals surface area contributed by atoms with Crippen molar-refractivity contribution in [2.24, 2.45) is 14.1 Å². The van der Waals surface area contributed by atoms with Crippen molar-refractivity contribution in [1.29, 1.82) is 0 Å². The van der Waals surface area contributed by atoms with Crippen LogP contribution in [-0.4, -0.2) is 36.5 Å². The number of nitrogens with zero attached hydrogens (tertiary/aromatic N) is 8. The molecule has 0 saturated heterocycles. The van der Waals surface area contributed by atoms with Crippen molar-refractivity contribution >= 4 is 239 Å². The first-order valence-electron chi connectivity index (χ1n) is 47.0. The highest BCUT2D eigenvalue weighted by Crippen LogP contribution is 2.52. The van der Waals surface area contributed by atoms with Crippen molar-refractivity contribution in [2.75, 3.05) is 0 Å². The van der Waals surface area contributed by atoms with Crippen LogP contribution in [0.15, 0.2) is 400 Å². The van der Waals surface area contributed by atoms with Crippen LogP contribution in [0.4, 0.5) is 0 Å². The van der Waals surface area contributed by atoms with Gasteiger partial charge in [0.05, 0.1) is 44.1 Å². The van der Waals surface area contributed by atoms with E-state index < -0.39 is 0 Å². The fraction of sp³-hybridized carbons (Fsp3) is 0.0476. The van der Waals surface area contributed by atoms with Crippen LogP contribution in [0.25, 0.3) is 295 Å². The molecule has 0 radical (unpaired) electrons. The molecule has 8 heterocycles. The van der Waals surface area contributed by atoms with Crippen molar-refractivity contribution in [3.8, 4) is 56.1 Å². The zero-order valence-corrected chi connectivity index (χ0v) is 74.1. The van der Waals surface area contributed by atoms with E-state index in [2.05, 4.69) is 465 Å². The van der Waals surface area contributed by atoms with Gasteiger partial charge in [0.1, 0.15) is 0 Å². The number of rotatable bonds is 9. The van der Waals surface area contributed by atoms with Gasteiger partial charge in [-0.25, -0.2) is 0 Å². The summed E-state index contributed by atoms with van der Waals surface area (Å²) >= 11 is 0. The molecule has 0 bridgehead atoms. The van der Waals surface area contributed by atoms with Gasteiger partial charge in [-0.05, 0) is 270 Å². The van der Waals surface area contributed by atoms with Crippen LogP contribution in [0.5, 0.6) is 0 Å². The maximum Gasteiger partial charge on any atom is 0.0553 e. The minimum atomic E-state index is 0.974. The maximum atomic E-state index is 2.48. The van der Waals surface area contributed by atoms with Gasteiger partial charge in [-0.1, -0.05) is 243 Å². The van der Waals surface area contributed by atoms with Gasteiger partial charge < -0.3 is 36.5 Å². The Bertz CT molecular complexity index is 9820. The third-order valence-electron chi connectivity index (χ3n) is 30.8. The number of hydrogen-bond acceptors (Lipinski definition) is 0. The fourth-order valence-electron chi connectivity index (χ4n) is 25.1. The predicted octanol–water partition coefficient (Wildman–Crippen LogP) is 33.5. The predicted molar refractivity (Wildman–Crippen MR) is 570 cm³/mol. The molecule has 134 heavy (non-hydrogen) atoms. The first kappa shape index (κ1) is 73.7. The number of fused-ring (bicyclic) bond motifs is 6. The van der Waals surface area contributed by atoms with Crippen LogP contribution in [0.3, 0.4) is 0 Å². The highest BCUT2D eigenvalue weighted by Gasteiger charge is 2.28. The molecular weight excluding hydrogens is 1630 g/mol. The Kier molecular flexibility index (Phi) is 15.0. The lowest BCUT2D eigenvalue weighted by Crippen LogP contribution is -1.97. The molecule has 8 aromatic heterocycles. The average molecular weight is 1710 g/mol. The summed E-state index contributed by atoms with van der Waals surface area (Å²) in [6.07, 6.45) is 0. The summed E-state index contributed by atoms with van der Waals surface area (Å²) in [5.74, 6) is 0. The Hall–Kier alpha value is -17.2. The van der Waals surface area contributed by atoms with Crippen molar-refractivity contribution in [3.63, 3.8) is 0 Å². The molecule has 0 N–H and O–H groups in total. The summed E-state index contributed by atoms with van der Waals surface area (Å²) in [5.41, 5.74) is 32.5. The Labute approximate surface area is 767 Å². The van der Waals surface area contributed by atoms with Crippen LogP contribution in [0.1, 0.15) is 13.8 Å². The number of aromatic nitrogens is 8. The van der Waals surface area contributed by atoms with Crippen LogP contribution >= 0.6 is 0 Å². The lowest BCUT2D eigenvalue weighted by atomic mass is 9.90. The van der Waals surface area contributed by atoms with Gasteiger partial charge in [0.2, 0.25) is 0 Å². The van der Waals surface area contributed by atoms with E-state index in [-0.39, 0.29) is 0 Å². The van der Waals surface area contributed by atoms with Gasteiger partial charge in [-0.2, -0.15) is 0 Å². The maximum absolute atomic E-state index is 2.48.